The van der Waals surface area contributed by atoms with Gasteiger partial charge in [-0.25, -0.2) is 0 Å². The normalized spacial score (nSPS) is 19.4. The monoisotopic (exact) mass is 209 g/mol. The van der Waals surface area contributed by atoms with E-state index in [1.807, 2.05) is 18.2 Å². The summed E-state index contributed by atoms with van der Waals surface area (Å²) in [7, 11) is 0. The Balaban J connectivity index is 2.28. The fraction of sp³-hybridized carbons (Fsp3) is 0.300. The topological polar surface area (TPSA) is 63.3 Å². The summed E-state index contributed by atoms with van der Waals surface area (Å²) >= 11 is 1.68. The van der Waals surface area contributed by atoms with Crippen molar-refractivity contribution in [3.8, 4) is 0 Å². The third-order valence-electron chi connectivity index (χ3n) is 2.29. The van der Waals surface area contributed by atoms with Crippen LogP contribution in [0.15, 0.2) is 18.2 Å². The number of thioether (sulfide) groups is 1. The molecule has 0 bridgehead atoms. The Bertz CT molecular complexity index is 378. The molecule has 1 aromatic carbocycles. The largest absolute Gasteiger partial charge is 0.481 e. The molecular weight excluding hydrogens is 198 g/mol. The van der Waals surface area contributed by atoms with Gasteiger partial charge in [-0.1, -0.05) is 18.2 Å². The van der Waals surface area contributed by atoms with Gasteiger partial charge in [0.1, 0.15) is 0 Å². The third kappa shape index (κ3) is 1.76. The SMILES string of the molecule is NC1SCc2cc(CC(=O)O)ccc21. The minimum absolute atomic E-state index is 0.0591. The van der Waals surface area contributed by atoms with E-state index < -0.39 is 5.97 Å². The zero-order chi connectivity index (χ0) is 10.1. The lowest BCUT2D eigenvalue weighted by Gasteiger charge is -2.04. The second-order valence-electron chi connectivity index (χ2n) is 3.34. The fourth-order valence-corrected chi connectivity index (χ4v) is 2.63. The molecule has 1 heterocycles. The number of benzene rings is 1. The maximum atomic E-state index is 10.5. The van der Waals surface area contributed by atoms with Crippen molar-refractivity contribution in [2.24, 2.45) is 5.73 Å². The summed E-state index contributed by atoms with van der Waals surface area (Å²) < 4.78 is 0. The number of carboxylic acid groups (broad SMARTS) is 1. The van der Waals surface area contributed by atoms with Gasteiger partial charge in [-0.2, -0.15) is 0 Å². The quantitative estimate of drug-likeness (QED) is 0.775. The minimum atomic E-state index is -0.792. The maximum absolute atomic E-state index is 10.5. The van der Waals surface area contributed by atoms with Crippen LogP contribution in [0.5, 0.6) is 0 Å². The summed E-state index contributed by atoms with van der Waals surface area (Å²) in [6.07, 6.45) is 0.0905. The Kier molecular flexibility index (Phi) is 2.48. The molecule has 0 aliphatic carbocycles. The van der Waals surface area contributed by atoms with Crippen LogP contribution in [0.25, 0.3) is 0 Å². The molecule has 1 atom stereocenters. The standard InChI is InChI=1S/C10H11NO2S/c11-10-8-2-1-6(4-9(12)13)3-7(8)5-14-10/h1-3,10H,4-5,11H2,(H,12,13). The van der Waals surface area contributed by atoms with E-state index in [0.29, 0.717) is 0 Å². The van der Waals surface area contributed by atoms with E-state index in [1.165, 1.54) is 5.56 Å². The van der Waals surface area contributed by atoms with Crippen LogP contribution in [-0.2, 0) is 17.0 Å². The van der Waals surface area contributed by atoms with Crippen LogP contribution >= 0.6 is 11.8 Å². The van der Waals surface area contributed by atoms with E-state index in [2.05, 4.69) is 0 Å². The van der Waals surface area contributed by atoms with Crippen LogP contribution in [0.2, 0.25) is 0 Å². The summed E-state index contributed by atoms with van der Waals surface area (Å²) in [5.41, 5.74) is 9.02. The van der Waals surface area contributed by atoms with Crippen molar-refractivity contribution in [1.29, 1.82) is 0 Å². The van der Waals surface area contributed by atoms with Gasteiger partial charge in [0.2, 0.25) is 0 Å². The van der Waals surface area contributed by atoms with E-state index in [0.717, 1.165) is 16.9 Å². The molecule has 1 aliphatic heterocycles. The van der Waals surface area contributed by atoms with Gasteiger partial charge in [-0.3, -0.25) is 4.79 Å². The van der Waals surface area contributed by atoms with Gasteiger partial charge in [0.15, 0.2) is 0 Å². The number of carbonyl (C=O) groups is 1. The summed E-state index contributed by atoms with van der Waals surface area (Å²) in [6.45, 7) is 0. The molecule has 4 heteroatoms. The molecule has 3 N–H and O–H groups in total. The van der Waals surface area contributed by atoms with Crippen LogP contribution in [0.3, 0.4) is 0 Å². The van der Waals surface area contributed by atoms with Gasteiger partial charge in [0, 0.05) is 5.75 Å². The second kappa shape index (κ2) is 3.63. The number of fused-ring (bicyclic) bond motifs is 1. The van der Waals surface area contributed by atoms with Gasteiger partial charge in [0.25, 0.3) is 0 Å². The molecule has 74 valence electrons. The van der Waals surface area contributed by atoms with Crippen molar-refractivity contribution in [3.05, 3.63) is 34.9 Å². The maximum Gasteiger partial charge on any atom is 0.307 e. The van der Waals surface area contributed by atoms with E-state index in [4.69, 9.17) is 10.8 Å². The summed E-state index contributed by atoms with van der Waals surface area (Å²) in [5, 5.41) is 8.70. The predicted octanol–water partition coefficient (Wildman–Crippen LogP) is 1.52. The molecule has 1 aliphatic rings. The number of aliphatic carboxylic acids is 1. The summed E-state index contributed by atoms with van der Waals surface area (Å²) in [5.74, 6) is 0.101. The predicted molar refractivity (Wildman–Crippen MR) is 56.0 cm³/mol. The molecule has 2 rings (SSSR count). The smallest absolute Gasteiger partial charge is 0.307 e. The van der Waals surface area contributed by atoms with Gasteiger partial charge < -0.3 is 10.8 Å². The lowest BCUT2D eigenvalue weighted by molar-refractivity contribution is -0.136. The molecular formula is C10H11NO2S. The van der Waals surface area contributed by atoms with Crippen molar-refractivity contribution in [2.45, 2.75) is 17.5 Å². The van der Waals surface area contributed by atoms with Gasteiger partial charge >= 0.3 is 5.97 Å². The van der Waals surface area contributed by atoms with Crippen LogP contribution in [-0.4, -0.2) is 11.1 Å². The van der Waals surface area contributed by atoms with Crippen LogP contribution < -0.4 is 5.73 Å². The molecule has 1 unspecified atom stereocenters. The highest BCUT2D eigenvalue weighted by atomic mass is 32.2. The lowest BCUT2D eigenvalue weighted by atomic mass is 10.0. The summed E-state index contributed by atoms with van der Waals surface area (Å²) in [4.78, 5) is 10.5. The van der Waals surface area contributed by atoms with Crippen molar-refractivity contribution in [3.63, 3.8) is 0 Å². The van der Waals surface area contributed by atoms with Crippen LogP contribution in [0.4, 0.5) is 0 Å². The highest BCUT2D eigenvalue weighted by Crippen LogP contribution is 2.37. The van der Waals surface area contributed by atoms with Crippen LogP contribution in [0, 0.1) is 0 Å². The molecule has 0 saturated carbocycles. The highest BCUT2D eigenvalue weighted by molar-refractivity contribution is 7.99. The first-order chi connectivity index (χ1) is 6.66. The zero-order valence-electron chi connectivity index (χ0n) is 7.56. The summed E-state index contributed by atoms with van der Waals surface area (Å²) in [6, 6.07) is 5.74. The van der Waals surface area contributed by atoms with E-state index in [9.17, 15) is 4.79 Å². The van der Waals surface area contributed by atoms with E-state index in [1.54, 1.807) is 11.8 Å². The molecule has 0 radical (unpaired) electrons. The van der Waals surface area contributed by atoms with Crippen molar-refractivity contribution in [2.75, 3.05) is 0 Å². The van der Waals surface area contributed by atoms with Gasteiger partial charge in [-0.05, 0) is 16.7 Å². The highest BCUT2D eigenvalue weighted by Gasteiger charge is 2.19. The average molecular weight is 209 g/mol. The van der Waals surface area contributed by atoms with E-state index in [-0.39, 0.29) is 11.8 Å². The molecule has 0 amide bonds. The fourth-order valence-electron chi connectivity index (χ4n) is 1.62. The molecule has 14 heavy (non-hydrogen) atoms. The zero-order valence-corrected chi connectivity index (χ0v) is 8.38. The molecule has 0 aromatic heterocycles. The number of hydrogen-bond donors (Lipinski definition) is 2. The average Bonchev–Trinajstić information content (AvgIpc) is 2.46. The second-order valence-corrected chi connectivity index (χ2v) is 4.47. The number of carboxylic acids is 1. The number of hydrogen-bond acceptors (Lipinski definition) is 3. The van der Waals surface area contributed by atoms with Gasteiger partial charge in [-0.15, -0.1) is 11.8 Å². The first-order valence-electron chi connectivity index (χ1n) is 4.37. The first-order valence-corrected chi connectivity index (χ1v) is 5.42. The number of rotatable bonds is 2. The minimum Gasteiger partial charge on any atom is -0.481 e. The first kappa shape index (κ1) is 9.55. The number of nitrogens with two attached hydrogens (primary N) is 1. The Morgan fingerprint density at radius 1 is 1.64 bits per heavy atom. The van der Waals surface area contributed by atoms with Crippen molar-refractivity contribution < 1.29 is 9.90 Å². The van der Waals surface area contributed by atoms with Crippen molar-refractivity contribution >= 4 is 17.7 Å². The Hall–Kier alpha value is -1.00. The van der Waals surface area contributed by atoms with Crippen molar-refractivity contribution in [1.82, 2.24) is 0 Å². The Morgan fingerprint density at radius 2 is 2.43 bits per heavy atom. The molecule has 0 fully saturated rings. The molecule has 3 nitrogen and oxygen atoms in total. The Morgan fingerprint density at radius 3 is 3.14 bits per heavy atom. The van der Waals surface area contributed by atoms with Crippen LogP contribution in [0.1, 0.15) is 22.1 Å². The van der Waals surface area contributed by atoms with E-state index >= 15 is 0 Å². The third-order valence-corrected chi connectivity index (χ3v) is 3.38. The molecule has 1 aromatic rings. The molecule has 0 spiro atoms. The Labute approximate surface area is 86.3 Å². The van der Waals surface area contributed by atoms with Gasteiger partial charge in [0.05, 0.1) is 11.8 Å². The lowest BCUT2D eigenvalue weighted by Crippen LogP contribution is -2.03. The molecule has 0 saturated heterocycles.